The second-order valence-electron chi connectivity index (χ2n) is 5.97. The maximum absolute atomic E-state index is 6.19. The Balaban J connectivity index is 1.77. The molecule has 2 heterocycles. The van der Waals surface area contributed by atoms with Crippen molar-refractivity contribution >= 4 is 5.82 Å². The fourth-order valence-electron chi connectivity index (χ4n) is 3.26. The molecule has 2 saturated carbocycles. The van der Waals surface area contributed by atoms with E-state index in [2.05, 4.69) is 9.55 Å². The molecule has 0 bridgehead atoms. The Morgan fingerprint density at radius 3 is 2.60 bits per heavy atom. The molecule has 2 aromatic rings. The summed E-state index contributed by atoms with van der Waals surface area (Å²) < 4.78 is 3.76. The third-order valence-electron chi connectivity index (χ3n) is 4.54. The lowest BCUT2D eigenvalue weighted by Gasteiger charge is -2.08. The topological polar surface area (TPSA) is 87.7 Å². The number of rotatable bonds is 3. The molecule has 0 atom stereocenters. The van der Waals surface area contributed by atoms with Crippen LogP contribution in [0.2, 0.25) is 0 Å². The SMILES string of the molecule is Nc1c(-c2cncn2C2CC2)nc(C2CCCC2)n1N. The normalized spacial score (nSPS) is 19.8. The Bertz CT molecular complexity index is 630. The lowest BCUT2D eigenvalue weighted by molar-refractivity contribution is 0.648. The lowest BCUT2D eigenvalue weighted by atomic mass is 10.1. The molecular formula is C14H20N6. The number of nitrogens with zero attached hydrogens (tertiary/aromatic N) is 4. The average Bonchev–Trinajstić information content (AvgIpc) is 2.90. The van der Waals surface area contributed by atoms with E-state index in [1.165, 1.54) is 25.7 Å². The summed E-state index contributed by atoms with van der Waals surface area (Å²) in [4.78, 5) is 9.01. The average molecular weight is 272 g/mol. The number of hydrogen-bond acceptors (Lipinski definition) is 4. The van der Waals surface area contributed by atoms with E-state index in [0.29, 0.717) is 17.8 Å². The predicted molar refractivity (Wildman–Crippen MR) is 77.5 cm³/mol. The van der Waals surface area contributed by atoms with Gasteiger partial charge in [-0.15, -0.1) is 0 Å². The highest BCUT2D eigenvalue weighted by Gasteiger charge is 2.29. The van der Waals surface area contributed by atoms with E-state index in [4.69, 9.17) is 16.6 Å². The van der Waals surface area contributed by atoms with Gasteiger partial charge in [-0.2, -0.15) is 0 Å². The van der Waals surface area contributed by atoms with Gasteiger partial charge >= 0.3 is 0 Å². The van der Waals surface area contributed by atoms with Gasteiger partial charge in [-0.05, 0) is 25.7 Å². The van der Waals surface area contributed by atoms with Crippen LogP contribution in [-0.2, 0) is 0 Å². The van der Waals surface area contributed by atoms with Gasteiger partial charge in [-0.1, -0.05) is 12.8 Å². The number of nitrogens with two attached hydrogens (primary N) is 2. The van der Waals surface area contributed by atoms with Gasteiger partial charge in [0.15, 0.2) is 5.82 Å². The van der Waals surface area contributed by atoms with Crippen molar-refractivity contribution in [3.63, 3.8) is 0 Å². The maximum Gasteiger partial charge on any atom is 0.152 e. The molecule has 20 heavy (non-hydrogen) atoms. The number of imidazole rings is 2. The molecule has 2 fully saturated rings. The fraction of sp³-hybridized carbons (Fsp3) is 0.571. The Labute approximate surface area is 117 Å². The third-order valence-corrected chi connectivity index (χ3v) is 4.54. The summed E-state index contributed by atoms with van der Waals surface area (Å²) in [6.07, 6.45) is 11.0. The van der Waals surface area contributed by atoms with Crippen molar-refractivity contribution in [3.05, 3.63) is 18.3 Å². The minimum atomic E-state index is 0.452. The minimum Gasteiger partial charge on any atom is -0.382 e. The van der Waals surface area contributed by atoms with Gasteiger partial charge < -0.3 is 16.1 Å². The van der Waals surface area contributed by atoms with Crippen LogP contribution < -0.4 is 11.6 Å². The van der Waals surface area contributed by atoms with Crippen molar-refractivity contribution < 1.29 is 0 Å². The summed E-state index contributed by atoms with van der Waals surface area (Å²) in [5, 5.41) is 0. The van der Waals surface area contributed by atoms with Gasteiger partial charge in [0.05, 0.1) is 18.2 Å². The molecule has 0 spiro atoms. The van der Waals surface area contributed by atoms with Crippen LogP contribution in [-0.4, -0.2) is 19.2 Å². The van der Waals surface area contributed by atoms with Crippen LogP contribution in [0.4, 0.5) is 5.82 Å². The van der Waals surface area contributed by atoms with E-state index >= 15 is 0 Å². The molecule has 0 radical (unpaired) electrons. The Kier molecular flexibility index (Phi) is 2.52. The highest BCUT2D eigenvalue weighted by Crippen LogP contribution is 2.40. The van der Waals surface area contributed by atoms with Crippen LogP contribution in [0.3, 0.4) is 0 Å². The van der Waals surface area contributed by atoms with E-state index < -0.39 is 0 Å². The van der Waals surface area contributed by atoms with Crippen molar-refractivity contribution in [3.8, 4) is 11.4 Å². The fourth-order valence-corrected chi connectivity index (χ4v) is 3.26. The van der Waals surface area contributed by atoms with Gasteiger partial charge in [0.1, 0.15) is 11.5 Å². The zero-order valence-corrected chi connectivity index (χ0v) is 11.5. The predicted octanol–water partition coefficient (Wildman–Crippen LogP) is 2.04. The van der Waals surface area contributed by atoms with Gasteiger partial charge in [-0.3, -0.25) is 0 Å². The van der Waals surface area contributed by atoms with E-state index in [-0.39, 0.29) is 0 Å². The maximum atomic E-state index is 6.19. The third kappa shape index (κ3) is 1.71. The summed E-state index contributed by atoms with van der Waals surface area (Å²) in [6.45, 7) is 0. The summed E-state index contributed by atoms with van der Waals surface area (Å²) in [6, 6.07) is 0.560. The zero-order chi connectivity index (χ0) is 13.7. The molecule has 0 saturated heterocycles. The molecule has 0 amide bonds. The van der Waals surface area contributed by atoms with Crippen LogP contribution in [0.5, 0.6) is 0 Å². The monoisotopic (exact) mass is 272 g/mol. The van der Waals surface area contributed by atoms with E-state index in [9.17, 15) is 0 Å². The Hall–Kier alpha value is -1.98. The van der Waals surface area contributed by atoms with E-state index in [0.717, 1.165) is 30.1 Å². The smallest absolute Gasteiger partial charge is 0.152 e. The highest BCUT2D eigenvalue weighted by atomic mass is 15.4. The molecule has 6 heteroatoms. The minimum absolute atomic E-state index is 0.452. The Morgan fingerprint density at radius 1 is 1.15 bits per heavy atom. The Morgan fingerprint density at radius 2 is 1.90 bits per heavy atom. The lowest BCUT2D eigenvalue weighted by Crippen LogP contribution is -2.17. The van der Waals surface area contributed by atoms with Crippen LogP contribution in [0.1, 0.15) is 56.3 Å². The first kappa shape index (κ1) is 11.8. The molecule has 2 aliphatic carbocycles. The molecule has 0 aliphatic heterocycles. The molecule has 0 aromatic carbocycles. The first-order valence-corrected chi connectivity index (χ1v) is 7.41. The summed E-state index contributed by atoms with van der Waals surface area (Å²) >= 11 is 0. The molecule has 2 aliphatic rings. The summed E-state index contributed by atoms with van der Waals surface area (Å²) in [5.41, 5.74) is 7.97. The largest absolute Gasteiger partial charge is 0.382 e. The zero-order valence-electron chi connectivity index (χ0n) is 11.5. The van der Waals surface area contributed by atoms with Crippen molar-refractivity contribution in [2.24, 2.45) is 0 Å². The highest BCUT2D eigenvalue weighted by molar-refractivity contribution is 5.68. The van der Waals surface area contributed by atoms with Gasteiger partial charge in [-0.25, -0.2) is 14.6 Å². The summed E-state index contributed by atoms with van der Waals surface area (Å²) in [7, 11) is 0. The van der Waals surface area contributed by atoms with Gasteiger partial charge in [0.2, 0.25) is 0 Å². The van der Waals surface area contributed by atoms with Crippen LogP contribution >= 0.6 is 0 Å². The number of hydrogen-bond donors (Lipinski definition) is 2. The summed E-state index contributed by atoms with van der Waals surface area (Å²) in [5.74, 6) is 8.06. The van der Waals surface area contributed by atoms with Gasteiger partial charge in [0, 0.05) is 12.0 Å². The standard InChI is InChI=1S/C14H20N6/c15-13-12(11-7-17-8-19(11)10-5-6-10)18-14(20(13)16)9-3-1-2-4-9/h7-10H,1-6,15-16H2. The number of anilines is 1. The molecule has 4 rings (SSSR count). The van der Waals surface area contributed by atoms with E-state index in [1.807, 2.05) is 12.5 Å². The second-order valence-corrected chi connectivity index (χ2v) is 5.97. The van der Waals surface area contributed by atoms with E-state index in [1.54, 1.807) is 4.68 Å². The van der Waals surface area contributed by atoms with Crippen LogP contribution in [0, 0.1) is 0 Å². The van der Waals surface area contributed by atoms with Crippen LogP contribution in [0.15, 0.2) is 12.5 Å². The second kappa shape index (κ2) is 4.26. The van der Waals surface area contributed by atoms with Crippen molar-refractivity contribution in [1.82, 2.24) is 19.2 Å². The molecular weight excluding hydrogens is 252 g/mol. The van der Waals surface area contributed by atoms with Crippen molar-refractivity contribution in [2.45, 2.75) is 50.5 Å². The van der Waals surface area contributed by atoms with Crippen molar-refractivity contribution in [1.29, 1.82) is 0 Å². The quantitative estimate of drug-likeness (QED) is 0.837. The van der Waals surface area contributed by atoms with Gasteiger partial charge in [0.25, 0.3) is 0 Å². The van der Waals surface area contributed by atoms with Crippen LogP contribution in [0.25, 0.3) is 11.4 Å². The number of aromatic nitrogens is 4. The molecule has 106 valence electrons. The first-order chi connectivity index (χ1) is 9.75. The first-order valence-electron chi connectivity index (χ1n) is 7.41. The molecule has 0 unspecified atom stereocenters. The number of nitrogen functional groups attached to an aromatic ring is 2. The molecule has 6 nitrogen and oxygen atoms in total. The van der Waals surface area contributed by atoms with Crippen molar-refractivity contribution in [2.75, 3.05) is 11.6 Å². The molecule has 4 N–H and O–H groups in total. The molecule has 2 aromatic heterocycles.